The van der Waals surface area contributed by atoms with Gasteiger partial charge in [0, 0.05) is 32.2 Å². The number of piperidine rings is 1. The van der Waals surface area contributed by atoms with E-state index in [0.29, 0.717) is 11.8 Å². The normalized spacial score (nSPS) is 22.6. The van der Waals surface area contributed by atoms with Crippen LogP contribution in [0.4, 0.5) is 0 Å². The lowest BCUT2D eigenvalue weighted by Gasteiger charge is -2.40. The van der Waals surface area contributed by atoms with Crippen LogP contribution in [0.2, 0.25) is 0 Å². The number of hydrogen-bond acceptors (Lipinski definition) is 4. The Kier molecular flexibility index (Phi) is 3.84. The van der Waals surface area contributed by atoms with E-state index in [1.165, 1.54) is 12.8 Å². The number of nitrogens with one attached hydrogen (secondary N) is 1. The molecule has 3 heterocycles. The van der Waals surface area contributed by atoms with Crippen LogP contribution >= 0.6 is 0 Å². The molecule has 2 aliphatic heterocycles. The molecule has 1 aromatic rings. The number of amides is 1. The maximum absolute atomic E-state index is 12.1. The molecule has 0 unspecified atom stereocenters. The van der Waals surface area contributed by atoms with Gasteiger partial charge in [-0.05, 0) is 38.1 Å². The molecule has 104 valence electrons. The Morgan fingerprint density at radius 3 is 2.58 bits per heavy atom. The van der Waals surface area contributed by atoms with Crippen LogP contribution in [0.3, 0.4) is 0 Å². The highest BCUT2D eigenvalue weighted by Gasteiger charge is 2.28. The lowest BCUT2D eigenvalue weighted by atomic mass is 10.0. The van der Waals surface area contributed by atoms with Crippen LogP contribution in [0.1, 0.15) is 23.4 Å². The molecule has 1 aromatic heterocycles. The minimum Gasteiger partial charge on any atom is -0.459 e. The van der Waals surface area contributed by atoms with E-state index in [9.17, 15) is 4.79 Å². The summed E-state index contributed by atoms with van der Waals surface area (Å²) in [5, 5.41) is 3.40. The molecule has 1 amide bonds. The van der Waals surface area contributed by atoms with Gasteiger partial charge in [-0.2, -0.15) is 0 Å². The zero-order valence-electron chi connectivity index (χ0n) is 11.2. The van der Waals surface area contributed by atoms with Crippen LogP contribution in [-0.2, 0) is 0 Å². The van der Waals surface area contributed by atoms with Crippen molar-refractivity contribution in [1.82, 2.24) is 15.1 Å². The van der Waals surface area contributed by atoms with Gasteiger partial charge in [-0.25, -0.2) is 0 Å². The average Bonchev–Trinajstić information content (AvgIpc) is 3.02. The lowest BCUT2D eigenvalue weighted by molar-refractivity contribution is 0.0506. The first kappa shape index (κ1) is 12.7. The minimum atomic E-state index is 0.0231. The van der Waals surface area contributed by atoms with E-state index in [4.69, 9.17) is 4.42 Å². The van der Waals surface area contributed by atoms with Crippen molar-refractivity contribution in [3.05, 3.63) is 24.2 Å². The third-order valence-electron chi connectivity index (χ3n) is 4.16. The molecule has 0 aliphatic carbocycles. The van der Waals surface area contributed by atoms with Gasteiger partial charge in [-0.3, -0.25) is 9.69 Å². The fourth-order valence-electron chi connectivity index (χ4n) is 3.02. The molecular weight excluding hydrogens is 242 g/mol. The molecule has 2 fully saturated rings. The number of hydrogen-bond donors (Lipinski definition) is 1. The van der Waals surface area contributed by atoms with Gasteiger partial charge in [0.05, 0.1) is 6.26 Å². The fourth-order valence-corrected chi connectivity index (χ4v) is 3.02. The summed E-state index contributed by atoms with van der Waals surface area (Å²) in [7, 11) is 0. The lowest BCUT2D eigenvalue weighted by Crippen LogP contribution is -2.53. The van der Waals surface area contributed by atoms with Crippen molar-refractivity contribution in [3.8, 4) is 0 Å². The molecule has 19 heavy (non-hydrogen) atoms. The Hall–Kier alpha value is -1.33. The molecule has 0 saturated carbocycles. The standard InChI is InChI=1S/C14H21N3O2/c18-14(13-2-1-11-19-13)17-9-7-16(8-10-17)12-3-5-15-6-4-12/h1-2,11-12,15H,3-10H2. The maximum atomic E-state index is 12.1. The highest BCUT2D eigenvalue weighted by Crippen LogP contribution is 2.16. The average molecular weight is 263 g/mol. The van der Waals surface area contributed by atoms with E-state index in [-0.39, 0.29) is 5.91 Å². The van der Waals surface area contributed by atoms with Crippen LogP contribution < -0.4 is 5.32 Å². The molecule has 2 aliphatic rings. The zero-order chi connectivity index (χ0) is 13.1. The highest BCUT2D eigenvalue weighted by atomic mass is 16.3. The summed E-state index contributed by atoms with van der Waals surface area (Å²) in [4.78, 5) is 16.6. The first-order valence-corrected chi connectivity index (χ1v) is 7.12. The van der Waals surface area contributed by atoms with Crippen LogP contribution in [0.25, 0.3) is 0 Å². The summed E-state index contributed by atoms with van der Waals surface area (Å²) in [5.74, 6) is 0.477. The van der Waals surface area contributed by atoms with Crippen molar-refractivity contribution in [2.24, 2.45) is 0 Å². The minimum absolute atomic E-state index is 0.0231. The predicted molar refractivity (Wildman–Crippen MR) is 72.1 cm³/mol. The van der Waals surface area contributed by atoms with Crippen LogP contribution in [0.5, 0.6) is 0 Å². The van der Waals surface area contributed by atoms with E-state index in [1.807, 2.05) is 4.90 Å². The molecular formula is C14H21N3O2. The summed E-state index contributed by atoms with van der Waals surface area (Å²) < 4.78 is 5.18. The van der Waals surface area contributed by atoms with Gasteiger partial charge in [0.2, 0.25) is 0 Å². The zero-order valence-corrected chi connectivity index (χ0v) is 11.2. The van der Waals surface area contributed by atoms with Crippen LogP contribution in [-0.4, -0.2) is 61.0 Å². The summed E-state index contributed by atoms with van der Waals surface area (Å²) in [6.07, 6.45) is 4.01. The quantitative estimate of drug-likeness (QED) is 0.857. The third kappa shape index (κ3) is 2.82. The summed E-state index contributed by atoms with van der Waals surface area (Å²) in [5.41, 5.74) is 0. The van der Waals surface area contributed by atoms with Gasteiger partial charge in [-0.15, -0.1) is 0 Å². The number of piperazine rings is 1. The SMILES string of the molecule is O=C(c1ccco1)N1CCN(C2CCNCC2)CC1. The largest absolute Gasteiger partial charge is 0.459 e. The predicted octanol–water partition coefficient (Wildman–Crippen LogP) is 0.789. The molecule has 2 saturated heterocycles. The molecule has 0 radical (unpaired) electrons. The van der Waals surface area contributed by atoms with Gasteiger partial charge in [0.15, 0.2) is 5.76 Å². The topological polar surface area (TPSA) is 48.7 Å². The monoisotopic (exact) mass is 263 g/mol. The molecule has 0 bridgehead atoms. The van der Waals surface area contributed by atoms with E-state index < -0.39 is 0 Å². The second-order valence-electron chi connectivity index (χ2n) is 5.29. The third-order valence-corrected chi connectivity index (χ3v) is 4.16. The smallest absolute Gasteiger partial charge is 0.289 e. The van der Waals surface area contributed by atoms with Gasteiger partial charge in [0.25, 0.3) is 5.91 Å². The van der Waals surface area contributed by atoms with Crippen molar-refractivity contribution in [2.45, 2.75) is 18.9 Å². The number of rotatable bonds is 2. The van der Waals surface area contributed by atoms with Gasteiger partial charge in [0.1, 0.15) is 0 Å². The van der Waals surface area contributed by atoms with Gasteiger partial charge in [-0.1, -0.05) is 0 Å². The Balaban J connectivity index is 1.53. The maximum Gasteiger partial charge on any atom is 0.289 e. The molecule has 5 heteroatoms. The molecule has 3 rings (SSSR count). The number of nitrogens with zero attached hydrogens (tertiary/aromatic N) is 2. The number of carbonyl (C=O) groups is 1. The molecule has 0 atom stereocenters. The fraction of sp³-hybridized carbons (Fsp3) is 0.643. The molecule has 0 aromatic carbocycles. The van der Waals surface area contributed by atoms with Crippen molar-refractivity contribution in [1.29, 1.82) is 0 Å². The first-order chi connectivity index (χ1) is 9.34. The van der Waals surface area contributed by atoms with Gasteiger partial charge < -0.3 is 14.6 Å². The van der Waals surface area contributed by atoms with Gasteiger partial charge >= 0.3 is 0 Å². The summed E-state index contributed by atoms with van der Waals surface area (Å²) in [6, 6.07) is 4.20. The Morgan fingerprint density at radius 1 is 1.21 bits per heavy atom. The first-order valence-electron chi connectivity index (χ1n) is 7.12. The van der Waals surface area contributed by atoms with Crippen molar-refractivity contribution >= 4 is 5.91 Å². The number of carbonyl (C=O) groups excluding carboxylic acids is 1. The number of furan rings is 1. The van der Waals surface area contributed by atoms with Crippen LogP contribution in [0, 0.1) is 0 Å². The molecule has 5 nitrogen and oxygen atoms in total. The highest BCUT2D eigenvalue weighted by molar-refractivity contribution is 5.91. The Labute approximate surface area is 113 Å². The van der Waals surface area contributed by atoms with E-state index in [0.717, 1.165) is 39.3 Å². The summed E-state index contributed by atoms with van der Waals surface area (Å²) >= 11 is 0. The van der Waals surface area contributed by atoms with Crippen molar-refractivity contribution < 1.29 is 9.21 Å². The molecule has 1 N–H and O–H groups in total. The van der Waals surface area contributed by atoms with E-state index in [1.54, 1.807) is 18.4 Å². The van der Waals surface area contributed by atoms with E-state index >= 15 is 0 Å². The second kappa shape index (κ2) is 5.75. The van der Waals surface area contributed by atoms with Crippen molar-refractivity contribution in [2.75, 3.05) is 39.3 Å². The van der Waals surface area contributed by atoms with Crippen LogP contribution in [0.15, 0.2) is 22.8 Å². The molecule has 0 spiro atoms. The summed E-state index contributed by atoms with van der Waals surface area (Å²) in [6.45, 7) is 5.83. The van der Waals surface area contributed by atoms with E-state index in [2.05, 4.69) is 10.2 Å². The van der Waals surface area contributed by atoms with Crippen molar-refractivity contribution in [3.63, 3.8) is 0 Å². The Bertz CT molecular complexity index is 404. The Morgan fingerprint density at radius 2 is 1.95 bits per heavy atom. The second-order valence-corrected chi connectivity index (χ2v) is 5.29.